The van der Waals surface area contributed by atoms with Gasteiger partial charge in [0, 0.05) is 23.9 Å². The number of hydrogen-bond donors (Lipinski definition) is 0. The van der Waals surface area contributed by atoms with Crippen molar-refractivity contribution < 1.29 is 0 Å². The van der Waals surface area contributed by atoms with Crippen LogP contribution in [-0.4, -0.2) is 20.4 Å². The van der Waals surface area contributed by atoms with Crippen LogP contribution in [0.2, 0.25) is 0 Å². The highest BCUT2D eigenvalue weighted by Crippen LogP contribution is 2.20. The summed E-state index contributed by atoms with van der Waals surface area (Å²) >= 11 is 7.55. The topological polar surface area (TPSA) is 30.7 Å². The molecule has 0 aliphatic rings. The maximum absolute atomic E-state index is 5.88. The van der Waals surface area contributed by atoms with Gasteiger partial charge in [0.1, 0.15) is 10.8 Å². The number of benzene rings is 1. The molecule has 98 valence electrons. The van der Waals surface area contributed by atoms with Crippen LogP contribution in [0.25, 0.3) is 11.0 Å². The highest BCUT2D eigenvalue weighted by molar-refractivity contribution is 7.09. The third-order valence-electron chi connectivity index (χ3n) is 3.08. The van der Waals surface area contributed by atoms with Gasteiger partial charge < -0.3 is 4.57 Å². The average molecular weight is 292 g/mol. The first-order chi connectivity index (χ1) is 9.28. The summed E-state index contributed by atoms with van der Waals surface area (Å²) in [4.78, 5) is 9.04. The van der Waals surface area contributed by atoms with Crippen LogP contribution in [-0.2, 0) is 13.0 Å². The Labute approximate surface area is 120 Å². The summed E-state index contributed by atoms with van der Waals surface area (Å²) in [6.07, 6.45) is 2.62. The number of fused-ring (bicyclic) bond motifs is 1. The van der Waals surface area contributed by atoms with Crippen LogP contribution in [0.4, 0.5) is 0 Å². The van der Waals surface area contributed by atoms with Crippen molar-refractivity contribution in [1.29, 1.82) is 0 Å². The van der Waals surface area contributed by atoms with Crippen molar-refractivity contribution in [2.75, 3.05) is 5.88 Å². The molecule has 5 heteroatoms. The van der Waals surface area contributed by atoms with Crippen molar-refractivity contribution in [1.82, 2.24) is 14.5 Å². The van der Waals surface area contributed by atoms with E-state index >= 15 is 0 Å². The van der Waals surface area contributed by atoms with E-state index in [0.29, 0.717) is 5.88 Å². The molecule has 3 aromatic rings. The predicted molar refractivity (Wildman–Crippen MR) is 80.1 cm³/mol. The molecule has 0 atom stereocenters. The summed E-state index contributed by atoms with van der Waals surface area (Å²) in [6, 6.07) is 6.34. The van der Waals surface area contributed by atoms with Crippen LogP contribution in [0.5, 0.6) is 0 Å². The lowest BCUT2D eigenvalue weighted by molar-refractivity contribution is 0.750. The van der Waals surface area contributed by atoms with Crippen LogP contribution in [0.15, 0.2) is 29.8 Å². The SMILES string of the molecule is Cc1ccc2nc(CCCl)n(Cc3nccs3)c2c1. The molecule has 3 rings (SSSR count). The third kappa shape index (κ3) is 2.51. The first kappa shape index (κ1) is 12.6. The van der Waals surface area contributed by atoms with Crippen LogP contribution in [0.3, 0.4) is 0 Å². The lowest BCUT2D eigenvalue weighted by Crippen LogP contribution is -2.05. The lowest BCUT2D eigenvalue weighted by atomic mass is 10.2. The fraction of sp³-hybridized carbons (Fsp3) is 0.286. The molecule has 1 aromatic carbocycles. The van der Waals surface area contributed by atoms with E-state index in [9.17, 15) is 0 Å². The van der Waals surface area contributed by atoms with Crippen molar-refractivity contribution in [3.63, 3.8) is 0 Å². The third-order valence-corrected chi connectivity index (χ3v) is 4.03. The molecule has 0 unspecified atom stereocenters. The molecular weight excluding hydrogens is 278 g/mol. The molecule has 0 N–H and O–H groups in total. The summed E-state index contributed by atoms with van der Waals surface area (Å²) in [7, 11) is 0. The number of aromatic nitrogens is 3. The van der Waals surface area contributed by atoms with Crippen LogP contribution >= 0.6 is 22.9 Å². The number of alkyl halides is 1. The van der Waals surface area contributed by atoms with Gasteiger partial charge in [-0.1, -0.05) is 6.07 Å². The maximum Gasteiger partial charge on any atom is 0.112 e. The minimum Gasteiger partial charge on any atom is -0.321 e. The highest BCUT2D eigenvalue weighted by Gasteiger charge is 2.11. The van der Waals surface area contributed by atoms with E-state index in [2.05, 4.69) is 39.7 Å². The molecule has 0 spiro atoms. The van der Waals surface area contributed by atoms with Crippen molar-refractivity contribution in [3.05, 3.63) is 46.2 Å². The Morgan fingerprint density at radius 2 is 2.26 bits per heavy atom. The summed E-state index contributed by atoms with van der Waals surface area (Å²) in [5, 5.41) is 3.10. The van der Waals surface area contributed by atoms with Crippen LogP contribution in [0.1, 0.15) is 16.4 Å². The number of thiazole rings is 1. The van der Waals surface area contributed by atoms with Crippen LogP contribution in [0, 0.1) is 6.92 Å². The van der Waals surface area contributed by atoms with E-state index in [0.717, 1.165) is 34.8 Å². The first-order valence-electron chi connectivity index (χ1n) is 6.18. The molecule has 2 aromatic heterocycles. The quantitative estimate of drug-likeness (QED) is 0.687. The second-order valence-corrected chi connectivity index (χ2v) is 5.83. The Morgan fingerprint density at radius 1 is 1.37 bits per heavy atom. The summed E-state index contributed by atoms with van der Waals surface area (Å²) < 4.78 is 2.23. The van der Waals surface area contributed by atoms with Gasteiger partial charge in [0.25, 0.3) is 0 Å². The van der Waals surface area contributed by atoms with Gasteiger partial charge in [-0.25, -0.2) is 9.97 Å². The number of rotatable bonds is 4. The standard InChI is InChI=1S/C14H14ClN3S/c1-10-2-3-11-12(8-10)18(13(17-11)4-5-15)9-14-16-6-7-19-14/h2-3,6-8H,4-5,9H2,1H3. The Morgan fingerprint density at radius 3 is 3.00 bits per heavy atom. The predicted octanol–water partition coefficient (Wildman–Crippen LogP) is 3.63. The molecule has 3 nitrogen and oxygen atoms in total. The van der Waals surface area contributed by atoms with Gasteiger partial charge >= 0.3 is 0 Å². The first-order valence-corrected chi connectivity index (χ1v) is 7.59. The zero-order valence-corrected chi connectivity index (χ0v) is 12.2. The number of aryl methyl sites for hydroxylation is 2. The lowest BCUT2D eigenvalue weighted by Gasteiger charge is -2.06. The number of nitrogens with zero attached hydrogens (tertiary/aromatic N) is 3. The molecule has 0 fully saturated rings. The maximum atomic E-state index is 5.88. The van der Waals surface area contributed by atoms with Gasteiger partial charge in [-0.2, -0.15) is 0 Å². The van der Waals surface area contributed by atoms with E-state index in [-0.39, 0.29) is 0 Å². The van der Waals surface area contributed by atoms with Gasteiger partial charge in [0.05, 0.1) is 17.6 Å². The summed E-state index contributed by atoms with van der Waals surface area (Å²) in [6.45, 7) is 2.87. The van der Waals surface area contributed by atoms with E-state index in [1.165, 1.54) is 5.56 Å². The highest BCUT2D eigenvalue weighted by atomic mass is 35.5. The molecule has 19 heavy (non-hydrogen) atoms. The molecule has 0 aliphatic heterocycles. The van der Waals surface area contributed by atoms with E-state index in [4.69, 9.17) is 11.6 Å². The van der Waals surface area contributed by atoms with Crippen molar-refractivity contribution in [2.24, 2.45) is 0 Å². The minimum absolute atomic E-state index is 0.584. The summed E-state index contributed by atoms with van der Waals surface area (Å²) in [5.41, 5.74) is 3.43. The molecular formula is C14H14ClN3S. The van der Waals surface area contributed by atoms with Gasteiger partial charge in [-0.05, 0) is 24.6 Å². The molecule has 0 amide bonds. The molecule has 0 radical (unpaired) electrons. The largest absolute Gasteiger partial charge is 0.321 e. The fourth-order valence-electron chi connectivity index (χ4n) is 2.20. The van der Waals surface area contributed by atoms with Gasteiger partial charge in [-0.15, -0.1) is 22.9 Å². The number of halogens is 1. The zero-order valence-electron chi connectivity index (χ0n) is 10.6. The molecule has 2 heterocycles. The molecule has 0 aliphatic carbocycles. The van der Waals surface area contributed by atoms with Gasteiger partial charge in [-0.3, -0.25) is 0 Å². The van der Waals surface area contributed by atoms with Gasteiger partial charge in [0.2, 0.25) is 0 Å². The minimum atomic E-state index is 0.584. The monoisotopic (exact) mass is 291 g/mol. The average Bonchev–Trinajstić information content (AvgIpc) is 3.00. The smallest absolute Gasteiger partial charge is 0.112 e. The second-order valence-electron chi connectivity index (χ2n) is 4.47. The Bertz CT molecular complexity index is 688. The van der Waals surface area contributed by atoms with Crippen molar-refractivity contribution in [2.45, 2.75) is 19.9 Å². The van der Waals surface area contributed by atoms with Crippen LogP contribution < -0.4 is 0 Å². The van der Waals surface area contributed by atoms with E-state index < -0.39 is 0 Å². The Balaban J connectivity index is 2.12. The summed E-state index contributed by atoms with van der Waals surface area (Å²) in [5.74, 6) is 1.62. The van der Waals surface area contributed by atoms with Gasteiger partial charge in [0.15, 0.2) is 0 Å². The normalized spacial score (nSPS) is 11.3. The Hall–Kier alpha value is -1.39. The molecule has 0 saturated heterocycles. The number of hydrogen-bond acceptors (Lipinski definition) is 3. The van der Waals surface area contributed by atoms with Crippen molar-refractivity contribution >= 4 is 34.0 Å². The number of imidazole rings is 1. The second kappa shape index (κ2) is 5.31. The zero-order chi connectivity index (χ0) is 13.2. The molecule has 0 bridgehead atoms. The van der Waals surface area contributed by atoms with E-state index in [1.54, 1.807) is 11.3 Å². The van der Waals surface area contributed by atoms with Crippen molar-refractivity contribution in [3.8, 4) is 0 Å². The fourth-order valence-corrected chi connectivity index (χ4v) is 2.97. The van der Waals surface area contributed by atoms with E-state index in [1.807, 2.05) is 11.6 Å². The molecule has 0 saturated carbocycles. The Kier molecular flexibility index (Phi) is 3.53.